The lowest BCUT2D eigenvalue weighted by Crippen LogP contribution is -2.37. The van der Waals surface area contributed by atoms with Crippen LogP contribution < -0.4 is 5.32 Å². The fraction of sp³-hybridized carbons (Fsp3) is 0.370. The van der Waals surface area contributed by atoms with E-state index in [-0.39, 0.29) is 17.5 Å². The molecule has 0 aromatic heterocycles. The van der Waals surface area contributed by atoms with Crippen molar-refractivity contribution < 1.29 is 28.0 Å². The van der Waals surface area contributed by atoms with Gasteiger partial charge in [0.25, 0.3) is 17.3 Å². The van der Waals surface area contributed by atoms with Crippen LogP contribution in [0.25, 0.3) is 10.8 Å². The molecule has 0 saturated heterocycles. The fourth-order valence-corrected chi connectivity index (χ4v) is 6.48. The molecule has 0 bridgehead atoms. The fourth-order valence-electron chi connectivity index (χ4n) is 5.22. The Morgan fingerprint density at radius 1 is 1.05 bits per heavy atom. The lowest BCUT2D eigenvalue weighted by molar-refractivity contribution is -0.394. The molecule has 0 heterocycles. The number of nitrogens with one attached hydrogen (secondary N) is 1. The van der Waals surface area contributed by atoms with Crippen LogP contribution in [0.15, 0.2) is 54.6 Å². The highest BCUT2D eigenvalue weighted by Crippen LogP contribution is 2.41. The summed E-state index contributed by atoms with van der Waals surface area (Å²) in [5.74, 6) is -0.410. The maximum atomic E-state index is 13.5. The summed E-state index contributed by atoms with van der Waals surface area (Å²) in [4.78, 5) is 34.8. The topological polar surface area (TPSA) is 159 Å². The number of benzene rings is 3. The van der Waals surface area contributed by atoms with E-state index < -0.39 is 44.7 Å². The summed E-state index contributed by atoms with van der Waals surface area (Å²) in [6.07, 6.45) is 3.64. The molecule has 0 spiro atoms. The van der Waals surface area contributed by atoms with E-state index in [1.165, 1.54) is 0 Å². The van der Waals surface area contributed by atoms with Crippen LogP contribution in [0.2, 0.25) is 19.1 Å². The molecule has 3 aromatic rings. The van der Waals surface area contributed by atoms with E-state index in [1.54, 1.807) is 7.11 Å². The van der Waals surface area contributed by atoms with E-state index in [1.807, 2.05) is 18.2 Å². The molecule has 0 fully saturated rings. The zero-order valence-electron chi connectivity index (χ0n) is 22.5. The van der Waals surface area contributed by atoms with E-state index in [4.69, 9.17) is 13.3 Å². The average Bonchev–Trinajstić information content (AvgIpc) is 2.93. The number of rotatable bonds is 9. The number of nitro groups is 2. The largest absolute Gasteiger partial charge is 0.549 e. The van der Waals surface area contributed by atoms with Gasteiger partial charge < -0.3 is 9.74 Å². The van der Waals surface area contributed by atoms with Crippen molar-refractivity contribution in [1.29, 1.82) is 0 Å². The summed E-state index contributed by atoms with van der Waals surface area (Å²) >= 11 is 0. The van der Waals surface area contributed by atoms with Crippen molar-refractivity contribution >= 4 is 45.7 Å². The number of aryl methyl sites for hydroxylation is 1. The van der Waals surface area contributed by atoms with Gasteiger partial charge in [-0.3, -0.25) is 33.9 Å². The van der Waals surface area contributed by atoms with Gasteiger partial charge in [-0.05, 0) is 66.2 Å². The predicted molar refractivity (Wildman–Crippen MR) is 151 cm³/mol. The van der Waals surface area contributed by atoms with Crippen molar-refractivity contribution in [1.82, 2.24) is 5.32 Å². The van der Waals surface area contributed by atoms with Gasteiger partial charge in [0.1, 0.15) is 0 Å². The first-order chi connectivity index (χ1) is 19.0. The highest BCUT2D eigenvalue weighted by atomic mass is 28.4. The zero-order valence-corrected chi connectivity index (χ0v) is 24.5. The maximum absolute atomic E-state index is 13.5. The van der Waals surface area contributed by atoms with Crippen LogP contribution in [-0.2, 0) is 19.8 Å². The smallest absolute Gasteiger partial charge is 0.420 e. The summed E-state index contributed by atoms with van der Waals surface area (Å²) in [6.45, 7) is 4.37. The summed E-state index contributed by atoms with van der Waals surface area (Å²) in [5, 5.41) is 28.0. The summed E-state index contributed by atoms with van der Waals surface area (Å²) in [6, 6.07) is 16.0. The summed E-state index contributed by atoms with van der Waals surface area (Å²) < 4.78 is 22.5. The second-order valence-corrected chi connectivity index (χ2v) is 14.9. The monoisotopic (exact) mass is 581 g/mol. The van der Waals surface area contributed by atoms with Crippen LogP contribution in [0.1, 0.15) is 46.8 Å². The van der Waals surface area contributed by atoms with Crippen LogP contribution in [0, 0.1) is 26.1 Å². The minimum Gasteiger partial charge on any atom is -0.420 e. The van der Waals surface area contributed by atoms with Gasteiger partial charge in [0.15, 0.2) is 8.32 Å². The molecule has 1 amide bonds. The van der Waals surface area contributed by atoms with E-state index in [2.05, 4.69) is 36.6 Å². The highest BCUT2D eigenvalue weighted by Gasteiger charge is 2.33. The van der Waals surface area contributed by atoms with Gasteiger partial charge in [0, 0.05) is 19.2 Å². The molecule has 1 N–H and O–H groups in total. The molecule has 4 rings (SSSR count). The molecule has 11 nitrogen and oxygen atoms in total. The van der Waals surface area contributed by atoms with Crippen LogP contribution in [0.3, 0.4) is 0 Å². The van der Waals surface area contributed by atoms with Gasteiger partial charge >= 0.3 is 9.29 Å². The molecule has 1 aliphatic rings. The van der Waals surface area contributed by atoms with Gasteiger partial charge in [0.2, 0.25) is 0 Å². The Kier molecular flexibility index (Phi) is 10.4. The van der Waals surface area contributed by atoms with Crippen LogP contribution in [0.4, 0.5) is 11.4 Å². The highest BCUT2D eigenvalue weighted by molar-refractivity contribution is 6.71. The number of fused-ring (bicyclic) bond motifs is 3. The number of carbonyl (C=O) groups excluding carboxylic acids is 1. The number of nitro benzene ring substituents is 2. The number of hydrogen-bond donors (Lipinski definition) is 1. The average molecular weight is 582 g/mol. The van der Waals surface area contributed by atoms with Gasteiger partial charge in [-0.1, -0.05) is 42.8 Å². The van der Waals surface area contributed by atoms with Crippen molar-refractivity contribution in [2.24, 2.45) is 5.92 Å². The second kappa shape index (κ2) is 13.5. The molecule has 13 heteroatoms. The number of carbonyl (C=O) groups is 1. The number of nitrogens with zero attached hydrogens (tertiary/aromatic N) is 2. The van der Waals surface area contributed by atoms with Gasteiger partial charge in [-0.2, -0.15) is 0 Å². The van der Waals surface area contributed by atoms with Gasteiger partial charge in [-0.25, -0.2) is 0 Å². The molecule has 40 heavy (non-hydrogen) atoms. The Morgan fingerprint density at radius 3 is 2.27 bits per heavy atom. The Morgan fingerprint density at radius 2 is 1.68 bits per heavy atom. The molecule has 2 atom stereocenters. The normalized spacial score (nSPS) is 16.2. The lowest BCUT2D eigenvalue weighted by Gasteiger charge is -2.36. The maximum Gasteiger partial charge on any atom is 0.549 e. The third kappa shape index (κ3) is 7.43. The molecular formula is C27H31N3O8Si2. The summed E-state index contributed by atoms with van der Waals surface area (Å²) in [5.41, 5.74) is 1.15. The number of hydrogen-bond acceptors (Lipinski definition) is 8. The Bertz CT molecular complexity index is 1420. The Labute approximate surface area is 234 Å². The van der Waals surface area contributed by atoms with E-state index >= 15 is 0 Å². The van der Waals surface area contributed by atoms with Gasteiger partial charge in [-0.15, -0.1) is 0 Å². The third-order valence-electron chi connectivity index (χ3n) is 7.41. The molecule has 0 aliphatic heterocycles. The molecule has 1 aliphatic carbocycles. The van der Waals surface area contributed by atoms with Crippen molar-refractivity contribution in [3.8, 4) is 0 Å². The van der Waals surface area contributed by atoms with E-state index in [9.17, 15) is 25.0 Å². The van der Waals surface area contributed by atoms with Crippen LogP contribution >= 0.6 is 0 Å². The van der Waals surface area contributed by atoms with Crippen LogP contribution in [0.5, 0.6) is 0 Å². The first-order valence-corrected chi connectivity index (χ1v) is 16.7. The minimum absolute atomic E-state index is 0.0973. The number of amides is 1. The zero-order chi connectivity index (χ0) is 29.4. The molecule has 0 radical (unpaired) electrons. The predicted octanol–water partition coefficient (Wildman–Crippen LogP) is 5.70. The molecular weight excluding hydrogens is 550 g/mol. The van der Waals surface area contributed by atoms with Crippen molar-refractivity contribution in [2.75, 3.05) is 7.11 Å². The Balaban J connectivity index is 0.00000141. The molecule has 3 aromatic carbocycles. The lowest BCUT2D eigenvalue weighted by atomic mass is 9.75. The van der Waals surface area contributed by atoms with E-state index in [0.29, 0.717) is 0 Å². The minimum atomic E-state index is -1.73. The van der Waals surface area contributed by atoms with Crippen molar-refractivity contribution in [2.45, 2.75) is 50.9 Å². The number of non-ortho nitro benzene ring substituents is 2. The van der Waals surface area contributed by atoms with Crippen molar-refractivity contribution in [3.05, 3.63) is 91.5 Å². The first-order valence-electron chi connectivity index (χ1n) is 12.8. The van der Waals surface area contributed by atoms with Gasteiger partial charge in [0.05, 0.1) is 27.5 Å². The second-order valence-electron chi connectivity index (χ2n) is 10.3. The first kappa shape index (κ1) is 30.7. The molecule has 210 valence electrons. The SMILES string of the molecule is CO[Si](C)(C)CCC[C@H]1CCc2ccc3ccccc3c2[C@H]1NC(=O)c1cc([N+](=O)[O-])cc([N+](=O)[O-])c1.O=[Si]=O. The summed E-state index contributed by atoms with van der Waals surface area (Å²) in [7, 11) is -1.39. The molecule has 0 saturated carbocycles. The van der Waals surface area contributed by atoms with Crippen LogP contribution in [-0.4, -0.2) is 40.5 Å². The van der Waals surface area contributed by atoms with E-state index in [0.717, 1.165) is 71.8 Å². The standard InChI is InChI=1S/C27H31N3O6Si.O2Si/c1-36-37(2,3)14-6-8-20-13-12-19-11-10-18-7-4-5-9-24(18)25(19)26(20)28-27(31)21-15-22(29(32)33)17-23(16-21)30(34)35;1-3-2/h4-5,7,9-11,15-17,20,26H,6,8,12-14H2,1-3H3,(H,28,31);/t20-,26-;/m0./s1. The molecule has 0 unspecified atom stereocenters. The van der Waals surface area contributed by atoms with Crippen molar-refractivity contribution in [3.63, 3.8) is 0 Å². The third-order valence-corrected chi connectivity index (χ3v) is 10.1. The quantitative estimate of drug-likeness (QED) is 0.191. The Hall–Kier alpha value is -3.82.